The zero-order chi connectivity index (χ0) is 22.6. The van der Waals surface area contributed by atoms with Crippen LogP contribution in [0.3, 0.4) is 0 Å². The van der Waals surface area contributed by atoms with Crippen LogP contribution in [0, 0.1) is 12.3 Å². The van der Waals surface area contributed by atoms with Crippen molar-refractivity contribution in [1.29, 1.82) is 0 Å². The Morgan fingerprint density at radius 1 is 1.10 bits per heavy atom. The first-order chi connectivity index (χ1) is 14.7. The summed E-state index contributed by atoms with van der Waals surface area (Å²) in [5.74, 6) is 2.73. The third kappa shape index (κ3) is 4.60. The number of carboxylic acid groups (broad SMARTS) is 1. The van der Waals surface area contributed by atoms with Crippen molar-refractivity contribution >= 4 is 15.8 Å². The van der Waals surface area contributed by atoms with E-state index in [1.807, 2.05) is 29.2 Å². The number of likely N-dealkylation sites (tertiary alicyclic amines) is 1. The standard InChI is InChI=1S/C24H27NO5S/c1-4-15-25-16-13-24(14-17-25,23(26)27)31(28,29)22-11-9-21(10-12-22)30-20-7-5-19(6-8-20)18(2)3/h1,5-12,18H,13-17H2,2-3H3,(H,26,27). The SMILES string of the molecule is C#CCN1CCC(C(=O)O)(S(=O)(=O)c2ccc(Oc3ccc(C(C)C)cc3)cc2)CC1. The second-order valence-corrected chi connectivity index (χ2v) is 10.3. The van der Waals surface area contributed by atoms with Crippen LogP contribution in [-0.4, -0.2) is 48.8 Å². The van der Waals surface area contributed by atoms with Crippen LogP contribution in [-0.2, 0) is 14.6 Å². The fourth-order valence-electron chi connectivity index (χ4n) is 3.77. The summed E-state index contributed by atoms with van der Waals surface area (Å²) in [5, 5.41) is 9.85. The topological polar surface area (TPSA) is 83.9 Å². The molecule has 0 aliphatic carbocycles. The molecular formula is C24H27NO5S. The van der Waals surface area contributed by atoms with Gasteiger partial charge in [0.2, 0.25) is 0 Å². The third-order valence-electron chi connectivity index (χ3n) is 5.80. The monoisotopic (exact) mass is 441 g/mol. The molecule has 0 aromatic heterocycles. The smallest absolute Gasteiger partial charge is 0.325 e. The minimum Gasteiger partial charge on any atom is -0.480 e. The van der Waals surface area contributed by atoms with Gasteiger partial charge < -0.3 is 9.84 Å². The first-order valence-electron chi connectivity index (χ1n) is 10.2. The second-order valence-electron chi connectivity index (χ2n) is 8.08. The van der Waals surface area contributed by atoms with Gasteiger partial charge in [0, 0.05) is 13.1 Å². The molecule has 0 amide bonds. The van der Waals surface area contributed by atoms with Gasteiger partial charge in [-0.25, -0.2) is 8.42 Å². The van der Waals surface area contributed by atoms with Gasteiger partial charge in [0.25, 0.3) is 0 Å². The number of ether oxygens (including phenoxy) is 1. The maximum atomic E-state index is 13.3. The lowest BCUT2D eigenvalue weighted by Gasteiger charge is -2.37. The predicted molar refractivity (Wildman–Crippen MR) is 119 cm³/mol. The Hall–Kier alpha value is -2.82. The van der Waals surface area contributed by atoms with E-state index in [2.05, 4.69) is 19.8 Å². The van der Waals surface area contributed by atoms with Crippen molar-refractivity contribution in [2.24, 2.45) is 0 Å². The molecule has 6 nitrogen and oxygen atoms in total. The Kier molecular flexibility index (Phi) is 6.73. The number of hydrogen-bond donors (Lipinski definition) is 1. The molecule has 1 saturated heterocycles. The molecule has 2 aromatic carbocycles. The molecule has 1 fully saturated rings. The Bertz CT molecular complexity index is 1060. The Morgan fingerprint density at radius 2 is 1.61 bits per heavy atom. The number of hydrogen-bond acceptors (Lipinski definition) is 5. The molecule has 0 saturated carbocycles. The van der Waals surface area contributed by atoms with Gasteiger partial charge in [-0.05, 0) is 60.7 Å². The van der Waals surface area contributed by atoms with Gasteiger partial charge in [-0.3, -0.25) is 9.69 Å². The van der Waals surface area contributed by atoms with Crippen LogP contribution in [0.5, 0.6) is 11.5 Å². The molecule has 0 radical (unpaired) electrons. The summed E-state index contributed by atoms with van der Waals surface area (Å²) in [5.41, 5.74) is 1.20. The van der Waals surface area contributed by atoms with Crippen LogP contribution < -0.4 is 4.74 Å². The number of aliphatic carboxylic acids is 1. The maximum Gasteiger partial charge on any atom is 0.325 e. The summed E-state index contributed by atoms with van der Waals surface area (Å²) in [7, 11) is -4.10. The zero-order valence-corrected chi connectivity index (χ0v) is 18.6. The fourth-order valence-corrected chi connectivity index (χ4v) is 5.66. The van der Waals surface area contributed by atoms with Gasteiger partial charge in [-0.2, -0.15) is 0 Å². The van der Waals surface area contributed by atoms with E-state index in [1.165, 1.54) is 17.7 Å². The van der Waals surface area contributed by atoms with E-state index in [-0.39, 0.29) is 17.7 Å². The maximum absolute atomic E-state index is 13.3. The van der Waals surface area contributed by atoms with Crippen LogP contribution in [0.25, 0.3) is 0 Å². The summed E-state index contributed by atoms with van der Waals surface area (Å²) in [6.45, 7) is 5.24. The molecule has 1 heterocycles. The highest BCUT2D eigenvalue weighted by molar-refractivity contribution is 7.93. The van der Waals surface area contributed by atoms with E-state index in [9.17, 15) is 18.3 Å². The molecule has 164 valence electrons. The number of sulfone groups is 1. The number of benzene rings is 2. The fraction of sp³-hybridized carbons (Fsp3) is 0.375. The number of rotatable bonds is 7. The predicted octanol–water partition coefficient (Wildman–Crippen LogP) is 3.93. The van der Waals surface area contributed by atoms with E-state index in [0.29, 0.717) is 37.1 Å². The molecule has 0 unspecified atom stereocenters. The van der Waals surface area contributed by atoms with Crippen LogP contribution in [0.4, 0.5) is 0 Å². The van der Waals surface area contributed by atoms with Gasteiger partial charge in [0.05, 0.1) is 11.4 Å². The average Bonchev–Trinajstić information content (AvgIpc) is 2.75. The van der Waals surface area contributed by atoms with Crippen molar-refractivity contribution in [3.63, 3.8) is 0 Å². The Morgan fingerprint density at radius 3 is 2.06 bits per heavy atom. The first-order valence-corrected chi connectivity index (χ1v) is 11.7. The van der Waals surface area contributed by atoms with Gasteiger partial charge in [0.1, 0.15) is 11.5 Å². The van der Waals surface area contributed by atoms with Crippen LogP contribution in [0.15, 0.2) is 53.4 Å². The molecule has 1 aliphatic heterocycles. The summed E-state index contributed by atoms with van der Waals surface area (Å²) < 4.78 is 30.6. The van der Waals surface area contributed by atoms with Gasteiger partial charge >= 0.3 is 5.97 Å². The quantitative estimate of drug-likeness (QED) is 0.656. The van der Waals surface area contributed by atoms with E-state index in [0.717, 1.165) is 0 Å². The Balaban J connectivity index is 1.80. The molecule has 0 atom stereocenters. The van der Waals surface area contributed by atoms with Crippen LogP contribution in [0.2, 0.25) is 0 Å². The van der Waals surface area contributed by atoms with Crippen molar-refractivity contribution in [1.82, 2.24) is 4.90 Å². The molecule has 31 heavy (non-hydrogen) atoms. The van der Waals surface area contributed by atoms with Crippen LogP contribution in [0.1, 0.15) is 38.2 Å². The molecule has 0 spiro atoms. The summed E-state index contributed by atoms with van der Waals surface area (Å²) >= 11 is 0. The molecule has 0 bridgehead atoms. The number of nitrogens with zero attached hydrogens (tertiary/aromatic N) is 1. The third-order valence-corrected chi connectivity index (χ3v) is 8.30. The zero-order valence-electron chi connectivity index (χ0n) is 17.7. The normalized spacial score (nSPS) is 16.6. The van der Waals surface area contributed by atoms with Crippen molar-refractivity contribution in [3.8, 4) is 23.8 Å². The minimum atomic E-state index is -4.10. The summed E-state index contributed by atoms with van der Waals surface area (Å²) in [6.07, 6.45) is 5.30. The molecule has 7 heteroatoms. The number of carboxylic acids is 1. The highest BCUT2D eigenvalue weighted by Gasteiger charge is 2.53. The largest absolute Gasteiger partial charge is 0.480 e. The lowest BCUT2D eigenvalue weighted by molar-refractivity contribution is -0.141. The van der Waals surface area contributed by atoms with Crippen molar-refractivity contribution in [3.05, 3.63) is 54.1 Å². The number of terminal acetylenes is 1. The van der Waals surface area contributed by atoms with Gasteiger partial charge in [-0.15, -0.1) is 6.42 Å². The summed E-state index contributed by atoms with van der Waals surface area (Å²) in [6, 6.07) is 13.6. The lowest BCUT2D eigenvalue weighted by atomic mass is 9.96. The average molecular weight is 442 g/mol. The molecular weight excluding hydrogens is 414 g/mol. The highest BCUT2D eigenvalue weighted by Crippen LogP contribution is 2.36. The second kappa shape index (κ2) is 9.13. The minimum absolute atomic E-state index is 0.00714. The van der Waals surface area contributed by atoms with Gasteiger partial charge in [0.15, 0.2) is 14.6 Å². The Labute approximate surface area is 183 Å². The molecule has 1 N–H and O–H groups in total. The molecule has 3 rings (SSSR count). The van der Waals surface area contributed by atoms with Gasteiger partial charge in [-0.1, -0.05) is 31.9 Å². The van der Waals surface area contributed by atoms with E-state index in [1.54, 1.807) is 12.1 Å². The van der Waals surface area contributed by atoms with E-state index < -0.39 is 20.6 Å². The first kappa shape index (κ1) is 22.9. The number of carbonyl (C=O) groups is 1. The van der Waals surface area contributed by atoms with E-state index >= 15 is 0 Å². The van der Waals surface area contributed by atoms with Crippen molar-refractivity contribution in [2.75, 3.05) is 19.6 Å². The van der Waals surface area contributed by atoms with Crippen molar-refractivity contribution < 1.29 is 23.1 Å². The summed E-state index contributed by atoms with van der Waals surface area (Å²) in [4.78, 5) is 13.9. The van der Waals surface area contributed by atoms with E-state index in [4.69, 9.17) is 11.2 Å². The molecule has 1 aliphatic rings. The highest BCUT2D eigenvalue weighted by atomic mass is 32.2. The van der Waals surface area contributed by atoms with Crippen molar-refractivity contribution in [2.45, 2.75) is 42.2 Å². The van der Waals surface area contributed by atoms with Crippen LogP contribution >= 0.6 is 0 Å². The number of piperidine rings is 1. The molecule has 2 aromatic rings. The lowest BCUT2D eigenvalue weighted by Crippen LogP contribution is -2.54.